The quantitative estimate of drug-likeness (QED) is 0.255. The molecule has 0 atom stereocenters. The van der Waals surface area contributed by atoms with Gasteiger partial charge >= 0.3 is 6.18 Å². The average Bonchev–Trinajstić information content (AvgIpc) is 3.50. The van der Waals surface area contributed by atoms with Crippen molar-refractivity contribution in [3.8, 4) is 17.1 Å². The summed E-state index contributed by atoms with van der Waals surface area (Å²) in [4.78, 5) is 4.02. The maximum atomic E-state index is 13.8. The van der Waals surface area contributed by atoms with Gasteiger partial charge in [0.1, 0.15) is 29.4 Å². The predicted octanol–water partition coefficient (Wildman–Crippen LogP) is 6.49. The van der Waals surface area contributed by atoms with Crippen LogP contribution in [0.4, 0.5) is 13.2 Å². The van der Waals surface area contributed by atoms with Gasteiger partial charge in [0, 0.05) is 28.0 Å². The topological polar surface area (TPSA) is 89.7 Å². The van der Waals surface area contributed by atoms with Crippen molar-refractivity contribution < 1.29 is 22.3 Å². The fourth-order valence-corrected chi connectivity index (χ4v) is 4.17. The van der Waals surface area contributed by atoms with Crippen molar-refractivity contribution >= 4 is 21.9 Å². The standard InChI is InChI=1S/C25H22F3N5O2/c1-2-3-4-9-16-15-8-5-6-12-19(15)35-24(16)18-11-7-10-17-20(34-14-22-30-32-33-31-22)13-21(25(26,27)28)29-23(17)18/h5-8,10-13H,2-4,9,14H2,1H3,(H,30,31,32,33). The Labute approximate surface area is 198 Å². The third-order valence-corrected chi connectivity index (χ3v) is 5.82. The maximum Gasteiger partial charge on any atom is 0.433 e. The Morgan fingerprint density at radius 1 is 1.03 bits per heavy atom. The van der Waals surface area contributed by atoms with Crippen molar-refractivity contribution in [3.63, 3.8) is 0 Å². The zero-order valence-electron chi connectivity index (χ0n) is 18.9. The molecule has 180 valence electrons. The number of hydrogen-bond donors (Lipinski definition) is 1. The van der Waals surface area contributed by atoms with Gasteiger partial charge in [0.15, 0.2) is 5.82 Å². The molecule has 3 aromatic heterocycles. The zero-order chi connectivity index (χ0) is 24.4. The fourth-order valence-electron chi connectivity index (χ4n) is 4.17. The molecule has 5 rings (SSSR count). The van der Waals surface area contributed by atoms with Crippen LogP contribution in [0.5, 0.6) is 5.75 Å². The number of aromatic amines is 1. The van der Waals surface area contributed by atoms with E-state index in [0.29, 0.717) is 22.3 Å². The van der Waals surface area contributed by atoms with Crippen LogP contribution in [0.3, 0.4) is 0 Å². The Morgan fingerprint density at radius 2 is 1.86 bits per heavy atom. The Hall–Kier alpha value is -3.95. The van der Waals surface area contributed by atoms with Crippen molar-refractivity contribution in [2.75, 3.05) is 0 Å². The average molecular weight is 481 g/mol. The molecule has 1 N–H and O–H groups in total. The minimum absolute atomic E-state index is 0.0317. The number of halogens is 3. The number of alkyl halides is 3. The largest absolute Gasteiger partial charge is 0.485 e. The lowest BCUT2D eigenvalue weighted by molar-refractivity contribution is -0.141. The number of nitrogens with one attached hydrogen (secondary N) is 1. The van der Waals surface area contributed by atoms with E-state index in [4.69, 9.17) is 9.15 Å². The first kappa shape index (κ1) is 22.8. The van der Waals surface area contributed by atoms with Crippen molar-refractivity contribution in [2.24, 2.45) is 0 Å². The molecule has 5 aromatic rings. The zero-order valence-corrected chi connectivity index (χ0v) is 18.9. The molecule has 0 aliphatic carbocycles. The van der Waals surface area contributed by atoms with Gasteiger partial charge in [0.25, 0.3) is 0 Å². The number of fused-ring (bicyclic) bond motifs is 2. The lowest BCUT2D eigenvalue weighted by Crippen LogP contribution is -2.09. The highest BCUT2D eigenvalue weighted by Gasteiger charge is 2.34. The first-order chi connectivity index (χ1) is 17.0. The molecule has 3 heterocycles. The number of pyridine rings is 1. The number of H-pyrrole nitrogens is 1. The summed E-state index contributed by atoms with van der Waals surface area (Å²) in [5.74, 6) is 0.851. The second-order valence-electron chi connectivity index (χ2n) is 8.20. The molecule has 0 aliphatic heterocycles. The van der Waals surface area contributed by atoms with Crippen LogP contribution in [0.2, 0.25) is 0 Å². The van der Waals surface area contributed by atoms with Crippen LogP contribution in [0.1, 0.15) is 43.3 Å². The molecule has 0 bridgehead atoms. The lowest BCUT2D eigenvalue weighted by atomic mass is 9.98. The van der Waals surface area contributed by atoms with Gasteiger partial charge < -0.3 is 9.15 Å². The Balaban J connectivity index is 1.69. The van der Waals surface area contributed by atoms with Gasteiger partial charge in [-0.3, -0.25) is 0 Å². The molecular formula is C25H22F3N5O2. The molecule has 35 heavy (non-hydrogen) atoms. The summed E-state index contributed by atoms with van der Waals surface area (Å²) in [6.07, 6.45) is -0.877. The monoisotopic (exact) mass is 481 g/mol. The van der Waals surface area contributed by atoms with Crippen LogP contribution in [-0.2, 0) is 19.2 Å². The summed E-state index contributed by atoms with van der Waals surface area (Å²) in [5.41, 5.74) is 1.25. The van der Waals surface area contributed by atoms with Gasteiger partial charge in [-0.1, -0.05) is 44.0 Å². The van der Waals surface area contributed by atoms with Crippen LogP contribution < -0.4 is 4.74 Å². The molecule has 0 amide bonds. The fraction of sp³-hybridized carbons (Fsp3) is 0.280. The van der Waals surface area contributed by atoms with Gasteiger partial charge in [-0.05, 0) is 41.5 Å². The van der Waals surface area contributed by atoms with Gasteiger partial charge in [-0.25, -0.2) is 10.1 Å². The molecule has 0 unspecified atom stereocenters. The summed E-state index contributed by atoms with van der Waals surface area (Å²) in [6, 6.07) is 13.7. The van der Waals surface area contributed by atoms with E-state index in [9.17, 15) is 13.2 Å². The number of tetrazole rings is 1. The predicted molar refractivity (Wildman–Crippen MR) is 124 cm³/mol. The van der Waals surface area contributed by atoms with E-state index in [1.165, 1.54) is 0 Å². The molecular weight excluding hydrogens is 459 g/mol. The lowest BCUT2D eigenvalue weighted by Gasteiger charge is -2.14. The van der Waals surface area contributed by atoms with Gasteiger partial charge in [0.05, 0.1) is 5.52 Å². The molecule has 0 radical (unpaired) electrons. The highest BCUT2D eigenvalue weighted by molar-refractivity contribution is 5.99. The molecule has 0 fully saturated rings. The first-order valence-corrected chi connectivity index (χ1v) is 11.3. The van der Waals surface area contributed by atoms with Gasteiger partial charge in [0.2, 0.25) is 0 Å². The molecule has 2 aromatic carbocycles. The number of aryl methyl sites for hydroxylation is 1. The van der Waals surface area contributed by atoms with E-state index in [0.717, 1.165) is 42.7 Å². The maximum absolute atomic E-state index is 13.8. The third-order valence-electron chi connectivity index (χ3n) is 5.82. The highest BCUT2D eigenvalue weighted by atomic mass is 19.4. The van der Waals surface area contributed by atoms with Crippen molar-refractivity contribution in [1.29, 1.82) is 0 Å². The Kier molecular flexibility index (Phi) is 6.10. The van der Waals surface area contributed by atoms with Crippen molar-refractivity contribution in [3.05, 3.63) is 65.6 Å². The molecule has 0 saturated heterocycles. The molecule has 0 spiro atoms. The summed E-state index contributed by atoms with van der Waals surface area (Å²) in [6.45, 7) is 2.00. The van der Waals surface area contributed by atoms with E-state index in [-0.39, 0.29) is 23.7 Å². The number of hydrogen-bond acceptors (Lipinski definition) is 6. The minimum atomic E-state index is -4.66. The summed E-state index contributed by atoms with van der Waals surface area (Å²) < 4.78 is 53.4. The number of benzene rings is 2. The summed E-state index contributed by atoms with van der Waals surface area (Å²) >= 11 is 0. The Bertz CT molecular complexity index is 1460. The van der Waals surface area contributed by atoms with E-state index in [1.54, 1.807) is 18.2 Å². The van der Waals surface area contributed by atoms with Crippen LogP contribution in [0, 0.1) is 0 Å². The number of furan rings is 1. The number of aromatic nitrogens is 5. The third kappa shape index (κ3) is 4.55. The van der Waals surface area contributed by atoms with Crippen molar-refractivity contribution in [1.82, 2.24) is 25.6 Å². The Morgan fingerprint density at radius 3 is 2.63 bits per heavy atom. The smallest absolute Gasteiger partial charge is 0.433 e. The van der Waals surface area contributed by atoms with Crippen LogP contribution in [-0.4, -0.2) is 25.6 Å². The second kappa shape index (κ2) is 9.36. The minimum Gasteiger partial charge on any atom is -0.485 e. The van der Waals surface area contributed by atoms with Crippen LogP contribution in [0.15, 0.2) is 52.9 Å². The molecule has 0 saturated carbocycles. The normalized spacial score (nSPS) is 12.0. The number of unbranched alkanes of at least 4 members (excludes halogenated alkanes) is 2. The summed E-state index contributed by atoms with van der Waals surface area (Å²) in [7, 11) is 0. The molecule has 0 aliphatic rings. The van der Waals surface area contributed by atoms with Crippen LogP contribution >= 0.6 is 0 Å². The molecule has 7 nitrogen and oxygen atoms in total. The second-order valence-corrected chi connectivity index (χ2v) is 8.20. The van der Waals surface area contributed by atoms with Gasteiger partial charge in [-0.2, -0.15) is 13.2 Å². The number of ether oxygens (including phenoxy) is 1. The SMILES string of the molecule is CCCCCc1c(-c2cccc3c(OCc4nnn[nH]4)cc(C(F)(F)F)nc23)oc2ccccc12. The molecule has 10 heteroatoms. The van der Waals surface area contributed by atoms with E-state index in [2.05, 4.69) is 32.5 Å². The number of rotatable bonds is 8. The van der Waals surface area contributed by atoms with E-state index >= 15 is 0 Å². The number of para-hydroxylation sites is 2. The van der Waals surface area contributed by atoms with E-state index in [1.807, 2.05) is 24.3 Å². The summed E-state index contributed by atoms with van der Waals surface area (Å²) in [5, 5.41) is 14.6. The van der Waals surface area contributed by atoms with Crippen LogP contribution in [0.25, 0.3) is 33.2 Å². The number of nitrogens with zero attached hydrogens (tertiary/aromatic N) is 4. The van der Waals surface area contributed by atoms with E-state index < -0.39 is 11.9 Å². The highest BCUT2D eigenvalue weighted by Crippen LogP contribution is 2.41. The van der Waals surface area contributed by atoms with Gasteiger partial charge in [-0.15, -0.1) is 5.10 Å². The first-order valence-electron chi connectivity index (χ1n) is 11.3. The van der Waals surface area contributed by atoms with Crippen molar-refractivity contribution in [2.45, 2.75) is 45.4 Å².